The van der Waals surface area contributed by atoms with Crippen molar-refractivity contribution in [3.63, 3.8) is 0 Å². The van der Waals surface area contributed by atoms with Crippen LogP contribution < -0.4 is 4.74 Å². The summed E-state index contributed by atoms with van der Waals surface area (Å²) >= 11 is 7.17. The third-order valence-electron chi connectivity index (χ3n) is 2.96. The third-order valence-corrected chi connectivity index (χ3v) is 4.45. The molecule has 0 aromatic heterocycles. The largest absolute Gasteiger partial charge is 0.493 e. The Morgan fingerprint density at radius 2 is 1.64 bits per heavy atom. The predicted octanol–water partition coefficient (Wildman–Crippen LogP) is 5.98. The molecule has 0 unspecified atom stereocenters. The van der Waals surface area contributed by atoms with Crippen molar-refractivity contribution < 1.29 is 4.74 Å². The van der Waals surface area contributed by atoms with Gasteiger partial charge in [-0.3, -0.25) is 0 Å². The van der Waals surface area contributed by atoms with Gasteiger partial charge >= 0.3 is 0 Å². The molecule has 0 radical (unpaired) electrons. The van der Waals surface area contributed by atoms with Gasteiger partial charge in [-0.15, -0.1) is 11.8 Å². The second-order valence-corrected chi connectivity index (χ2v) is 8.72. The van der Waals surface area contributed by atoms with Crippen LogP contribution in [0.4, 0.5) is 0 Å². The smallest absolute Gasteiger partial charge is 0.127 e. The number of hydrogen-bond acceptors (Lipinski definition) is 3. The molecule has 0 saturated carbocycles. The molecule has 0 fully saturated rings. The lowest BCUT2D eigenvalue weighted by atomic mass is 10.1. The molecular formula is C19H22OS2. The molecule has 0 heterocycles. The van der Waals surface area contributed by atoms with E-state index < -0.39 is 0 Å². The Morgan fingerprint density at radius 3 is 2.32 bits per heavy atom. The first kappa shape index (κ1) is 17.0. The van der Waals surface area contributed by atoms with Gasteiger partial charge in [0.15, 0.2) is 0 Å². The summed E-state index contributed by atoms with van der Waals surface area (Å²) in [6, 6.07) is 18.5. The van der Waals surface area contributed by atoms with Crippen LogP contribution in [0.25, 0.3) is 11.1 Å². The Bertz CT molecular complexity index is 615. The molecule has 0 aliphatic carbocycles. The molecule has 0 aliphatic heterocycles. The van der Waals surface area contributed by atoms with E-state index in [1.807, 2.05) is 36.4 Å². The fourth-order valence-corrected chi connectivity index (χ4v) is 3.79. The van der Waals surface area contributed by atoms with Crippen molar-refractivity contribution in [1.29, 1.82) is 0 Å². The standard InChI is InChI=1S/C19H22OS2/c1-19(2,3)22-18(21)13-14-20-17-12-8-7-11-16(17)15-9-5-4-6-10-15/h4-12H,13-14H2,1-3H3. The maximum absolute atomic E-state index is 5.98. The molecule has 0 atom stereocenters. The Labute approximate surface area is 143 Å². The van der Waals surface area contributed by atoms with Gasteiger partial charge in [0.05, 0.1) is 10.8 Å². The van der Waals surface area contributed by atoms with Crippen molar-refractivity contribution in [2.75, 3.05) is 6.61 Å². The molecule has 3 heteroatoms. The predicted molar refractivity (Wildman–Crippen MR) is 102 cm³/mol. The van der Waals surface area contributed by atoms with E-state index in [4.69, 9.17) is 17.0 Å². The molecule has 0 N–H and O–H groups in total. The number of benzene rings is 2. The van der Waals surface area contributed by atoms with Gasteiger partial charge in [0, 0.05) is 16.7 Å². The van der Waals surface area contributed by atoms with Crippen LogP contribution in [0.15, 0.2) is 54.6 Å². The molecular weight excluding hydrogens is 308 g/mol. The first-order valence-corrected chi connectivity index (χ1v) is 8.67. The van der Waals surface area contributed by atoms with Crippen molar-refractivity contribution in [2.45, 2.75) is 31.9 Å². The average molecular weight is 331 g/mol. The Morgan fingerprint density at radius 1 is 1.00 bits per heavy atom. The zero-order valence-electron chi connectivity index (χ0n) is 13.3. The van der Waals surface area contributed by atoms with Gasteiger partial charge in [0.25, 0.3) is 0 Å². The van der Waals surface area contributed by atoms with Crippen LogP contribution in [-0.4, -0.2) is 15.6 Å². The lowest BCUT2D eigenvalue weighted by Gasteiger charge is -2.18. The maximum atomic E-state index is 5.98. The second-order valence-electron chi connectivity index (χ2n) is 6.05. The van der Waals surface area contributed by atoms with Crippen LogP contribution >= 0.6 is 24.0 Å². The Kier molecular flexibility index (Phi) is 6.04. The highest BCUT2D eigenvalue weighted by Crippen LogP contribution is 2.30. The minimum Gasteiger partial charge on any atom is -0.493 e. The van der Waals surface area contributed by atoms with E-state index in [-0.39, 0.29) is 4.75 Å². The monoisotopic (exact) mass is 330 g/mol. The fourth-order valence-electron chi connectivity index (χ4n) is 2.09. The molecule has 22 heavy (non-hydrogen) atoms. The molecule has 2 rings (SSSR count). The summed E-state index contributed by atoms with van der Waals surface area (Å²) in [4.78, 5) is 0. The maximum Gasteiger partial charge on any atom is 0.127 e. The third kappa shape index (κ3) is 5.47. The minimum absolute atomic E-state index is 0.166. The molecule has 0 saturated heterocycles. The summed E-state index contributed by atoms with van der Waals surface area (Å²) in [7, 11) is 0. The average Bonchev–Trinajstić information content (AvgIpc) is 2.47. The fraction of sp³-hybridized carbons (Fsp3) is 0.316. The number of thioether (sulfide) groups is 1. The van der Waals surface area contributed by atoms with Gasteiger partial charge in [-0.25, -0.2) is 0 Å². The molecule has 0 spiro atoms. The van der Waals surface area contributed by atoms with Gasteiger partial charge in [-0.1, -0.05) is 81.5 Å². The number of hydrogen-bond donors (Lipinski definition) is 0. The van der Waals surface area contributed by atoms with E-state index in [1.165, 1.54) is 5.56 Å². The second kappa shape index (κ2) is 7.80. The zero-order chi connectivity index (χ0) is 16.0. The van der Waals surface area contributed by atoms with Crippen molar-refractivity contribution >= 4 is 28.2 Å². The van der Waals surface area contributed by atoms with E-state index >= 15 is 0 Å². The highest BCUT2D eigenvalue weighted by atomic mass is 32.2. The topological polar surface area (TPSA) is 9.23 Å². The van der Waals surface area contributed by atoms with E-state index in [9.17, 15) is 0 Å². The summed E-state index contributed by atoms with van der Waals surface area (Å²) < 4.78 is 7.15. The zero-order valence-corrected chi connectivity index (χ0v) is 15.0. The quantitative estimate of drug-likeness (QED) is 0.624. The first-order valence-electron chi connectivity index (χ1n) is 7.45. The number of rotatable bonds is 5. The SMILES string of the molecule is CC(C)(C)SC(=S)CCOc1ccccc1-c1ccccc1. The van der Waals surface area contributed by atoms with Gasteiger partial charge < -0.3 is 4.74 Å². The van der Waals surface area contributed by atoms with Crippen LogP contribution in [0, 0.1) is 0 Å². The Hall–Kier alpha value is -1.32. The van der Waals surface area contributed by atoms with Crippen LogP contribution in [0.5, 0.6) is 5.75 Å². The van der Waals surface area contributed by atoms with Gasteiger partial charge in [0.2, 0.25) is 0 Å². The van der Waals surface area contributed by atoms with Crippen LogP contribution in [0.2, 0.25) is 0 Å². The molecule has 0 bridgehead atoms. The molecule has 2 aromatic carbocycles. The lowest BCUT2D eigenvalue weighted by Crippen LogP contribution is -2.12. The van der Waals surface area contributed by atoms with E-state index in [0.717, 1.165) is 21.9 Å². The molecule has 0 aliphatic rings. The summed E-state index contributed by atoms with van der Waals surface area (Å²) in [5.41, 5.74) is 2.29. The Balaban J connectivity index is 1.98. The number of thiocarbonyl (C=S) groups is 1. The van der Waals surface area contributed by atoms with Crippen molar-refractivity contribution in [1.82, 2.24) is 0 Å². The minimum atomic E-state index is 0.166. The summed E-state index contributed by atoms with van der Waals surface area (Å²) in [6.45, 7) is 7.15. The normalized spacial score (nSPS) is 11.2. The molecule has 0 amide bonds. The van der Waals surface area contributed by atoms with Gasteiger partial charge in [-0.05, 0) is 11.6 Å². The highest BCUT2D eigenvalue weighted by molar-refractivity contribution is 8.23. The van der Waals surface area contributed by atoms with Crippen molar-refractivity contribution in [3.8, 4) is 16.9 Å². The van der Waals surface area contributed by atoms with Crippen LogP contribution in [0.3, 0.4) is 0 Å². The van der Waals surface area contributed by atoms with Gasteiger partial charge in [-0.2, -0.15) is 0 Å². The van der Waals surface area contributed by atoms with Crippen molar-refractivity contribution in [3.05, 3.63) is 54.6 Å². The summed E-state index contributed by atoms with van der Waals surface area (Å²) in [5.74, 6) is 0.914. The van der Waals surface area contributed by atoms with E-state index in [1.54, 1.807) is 11.8 Å². The highest BCUT2D eigenvalue weighted by Gasteiger charge is 2.14. The summed E-state index contributed by atoms with van der Waals surface area (Å²) in [6.07, 6.45) is 0.792. The summed E-state index contributed by atoms with van der Waals surface area (Å²) in [5, 5.41) is 0. The molecule has 116 valence electrons. The van der Waals surface area contributed by atoms with Gasteiger partial charge in [0.1, 0.15) is 5.75 Å². The van der Waals surface area contributed by atoms with Crippen molar-refractivity contribution in [2.24, 2.45) is 0 Å². The first-order chi connectivity index (χ1) is 10.5. The number of para-hydroxylation sites is 1. The van der Waals surface area contributed by atoms with E-state index in [0.29, 0.717) is 6.61 Å². The number of ether oxygens (including phenoxy) is 1. The van der Waals surface area contributed by atoms with E-state index in [2.05, 4.69) is 39.0 Å². The van der Waals surface area contributed by atoms with Crippen LogP contribution in [0.1, 0.15) is 27.2 Å². The lowest BCUT2D eigenvalue weighted by molar-refractivity contribution is 0.332. The molecule has 2 aromatic rings. The molecule has 1 nitrogen and oxygen atoms in total. The van der Waals surface area contributed by atoms with Crippen LogP contribution in [-0.2, 0) is 0 Å².